The van der Waals surface area contributed by atoms with E-state index in [1.54, 1.807) is 33.6 Å². The number of aromatic nitrogens is 4. The lowest BCUT2D eigenvalue weighted by Crippen LogP contribution is -2.20. The van der Waals surface area contributed by atoms with Crippen LogP contribution in [0.4, 0.5) is 4.39 Å². The Kier molecular flexibility index (Phi) is 3.60. The summed E-state index contributed by atoms with van der Waals surface area (Å²) >= 11 is 0. The van der Waals surface area contributed by atoms with Gasteiger partial charge in [-0.05, 0) is 37.1 Å². The molecule has 0 atom stereocenters. The normalized spacial score (nSPS) is 11.5. The molecule has 0 fully saturated rings. The maximum absolute atomic E-state index is 13.2. The number of halogens is 1. The van der Waals surface area contributed by atoms with E-state index in [-0.39, 0.29) is 11.4 Å². The van der Waals surface area contributed by atoms with Crippen LogP contribution in [0.2, 0.25) is 0 Å². The smallest absolute Gasteiger partial charge is 0.261 e. The second-order valence-electron chi connectivity index (χ2n) is 6.07. The van der Waals surface area contributed by atoms with Crippen molar-refractivity contribution < 1.29 is 4.39 Å². The first-order valence-corrected chi connectivity index (χ1v) is 8.23. The van der Waals surface area contributed by atoms with Gasteiger partial charge in [-0.25, -0.2) is 13.9 Å². The highest BCUT2D eigenvalue weighted by atomic mass is 19.1. The number of aryl methyl sites for hydroxylation is 2. The van der Waals surface area contributed by atoms with Gasteiger partial charge in [-0.15, -0.1) is 0 Å². The van der Waals surface area contributed by atoms with E-state index in [1.165, 1.54) is 12.1 Å². The molecule has 0 aliphatic rings. The van der Waals surface area contributed by atoms with Gasteiger partial charge >= 0.3 is 0 Å². The SMILES string of the molecule is CCCn1ccc2c(cnc3c(-c4ccc(F)cc4)c(C)nn32)c1=O. The molecule has 0 N–H and O–H groups in total. The summed E-state index contributed by atoms with van der Waals surface area (Å²) in [7, 11) is 0. The van der Waals surface area contributed by atoms with Crippen molar-refractivity contribution in [3.8, 4) is 11.1 Å². The van der Waals surface area contributed by atoms with Crippen LogP contribution in [0.5, 0.6) is 0 Å². The predicted octanol–water partition coefficient (Wildman–Crippen LogP) is 3.57. The van der Waals surface area contributed by atoms with Gasteiger partial charge in [0.25, 0.3) is 5.56 Å². The molecule has 4 aromatic rings. The molecule has 0 spiro atoms. The molecule has 0 bridgehead atoms. The number of nitrogens with zero attached hydrogens (tertiary/aromatic N) is 4. The number of rotatable bonds is 3. The fourth-order valence-corrected chi connectivity index (χ4v) is 3.19. The Hall–Kier alpha value is -3.02. The van der Waals surface area contributed by atoms with Gasteiger partial charge < -0.3 is 4.57 Å². The van der Waals surface area contributed by atoms with Gasteiger partial charge in [-0.1, -0.05) is 19.1 Å². The molecule has 4 rings (SSSR count). The molecule has 0 aliphatic carbocycles. The first-order chi connectivity index (χ1) is 12.1. The molecule has 0 unspecified atom stereocenters. The van der Waals surface area contributed by atoms with Crippen molar-refractivity contribution >= 4 is 16.6 Å². The molecular weight excluding hydrogens is 319 g/mol. The van der Waals surface area contributed by atoms with Crippen molar-refractivity contribution in [3.05, 3.63) is 64.6 Å². The molecule has 25 heavy (non-hydrogen) atoms. The lowest BCUT2D eigenvalue weighted by molar-refractivity contribution is 0.628. The van der Waals surface area contributed by atoms with Crippen LogP contribution in [0, 0.1) is 12.7 Å². The maximum Gasteiger partial charge on any atom is 0.261 e. The van der Waals surface area contributed by atoms with Crippen LogP contribution in [0.25, 0.3) is 27.7 Å². The highest BCUT2D eigenvalue weighted by Gasteiger charge is 2.16. The van der Waals surface area contributed by atoms with Gasteiger partial charge in [0.2, 0.25) is 0 Å². The van der Waals surface area contributed by atoms with Crippen molar-refractivity contribution in [2.45, 2.75) is 26.8 Å². The molecule has 0 saturated heterocycles. The van der Waals surface area contributed by atoms with Crippen LogP contribution in [0.3, 0.4) is 0 Å². The van der Waals surface area contributed by atoms with Crippen molar-refractivity contribution in [1.29, 1.82) is 0 Å². The average molecular weight is 336 g/mol. The third kappa shape index (κ3) is 2.41. The van der Waals surface area contributed by atoms with E-state index in [2.05, 4.69) is 10.1 Å². The minimum Gasteiger partial charge on any atom is -0.315 e. The molecule has 0 aliphatic heterocycles. The van der Waals surface area contributed by atoms with Crippen LogP contribution >= 0.6 is 0 Å². The van der Waals surface area contributed by atoms with E-state index in [4.69, 9.17) is 0 Å². The zero-order chi connectivity index (χ0) is 17.6. The Bertz CT molecular complexity index is 1140. The highest BCUT2D eigenvalue weighted by molar-refractivity contribution is 5.86. The Labute approximate surface area is 143 Å². The Morgan fingerprint density at radius 1 is 1.16 bits per heavy atom. The Morgan fingerprint density at radius 2 is 1.92 bits per heavy atom. The number of pyridine rings is 1. The first-order valence-electron chi connectivity index (χ1n) is 8.23. The zero-order valence-corrected chi connectivity index (χ0v) is 14.0. The molecular formula is C19H17FN4O. The van der Waals surface area contributed by atoms with E-state index in [9.17, 15) is 9.18 Å². The molecule has 0 radical (unpaired) electrons. The lowest BCUT2D eigenvalue weighted by atomic mass is 10.1. The molecule has 3 heterocycles. The topological polar surface area (TPSA) is 52.2 Å². The van der Waals surface area contributed by atoms with E-state index in [0.717, 1.165) is 28.8 Å². The summed E-state index contributed by atoms with van der Waals surface area (Å²) in [6, 6.07) is 8.16. The average Bonchev–Trinajstić information content (AvgIpc) is 2.94. The molecule has 1 aromatic carbocycles. The highest BCUT2D eigenvalue weighted by Crippen LogP contribution is 2.28. The lowest BCUT2D eigenvalue weighted by Gasteiger charge is -2.06. The summed E-state index contributed by atoms with van der Waals surface area (Å²) in [4.78, 5) is 17.1. The number of hydrogen-bond donors (Lipinski definition) is 0. The van der Waals surface area contributed by atoms with E-state index in [0.29, 0.717) is 17.6 Å². The second-order valence-corrected chi connectivity index (χ2v) is 6.07. The Balaban J connectivity index is 2.01. The second kappa shape index (κ2) is 5.81. The van der Waals surface area contributed by atoms with Gasteiger partial charge in [0.1, 0.15) is 5.82 Å². The van der Waals surface area contributed by atoms with Crippen molar-refractivity contribution in [2.75, 3.05) is 0 Å². The monoisotopic (exact) mass is 336 g/mol. The van der Waals surface area contributed by atoms with Crippen LogP contribution < -0.4 is 5.56 Å². The standard InChI is InChI=1S/C19H17FN4O/c1-3-9-23-10-8-16-15(19(23)25)11-21-18-17(12(2)22-24(16)18)13-4-6-14(20)7-5-13/h4-8,10-11H,3,9H2,1-2H3. The third-order valence-electron chi connectivity index (χ3n) is 4.36. The summed E-state index contributed by atoms with van der Waals surface area (Å²) < 4.78 is 16.6. The molecule has 0 saturated carbocycles. The first kappa shape index (κ1) is 15.5. The minimum atomic E-state index is -0.284. The van der Waals surface area contributed by atoms with Crippen LogP contribution in [-0.2, 0) is 6.54 Å². The number of benzene rings is 1. The van der Waals surface area contributed by atoms with Crippen molar-refractivity contribution in [3.63, 3.8) is 0 Å². The van der Waals surface area contributed by atoms with Gasteiger partial charge in [-0.2, -0.15) is 5.10 Å². The maximum atomic E-state index is 13.2. The summed E-state index contributed by atoms with van der Waals surface area (Å²) in [5, 5.41) is 5.11. The molecule has 3 aromatic heterocycles. The van der Waals surface area contributed by atoms with Crippen molar-refractivity contribution in [1.82, 2.24) is 19.2 Å². The van der Waals surface area contributed by atoms with E-state index in [1.807, 2.05) is 19.9 Å². The molecule has 5 nitrogen and oxygen atoms in total. The van der Waals surface area contributed by atoms with Crippen LogP contribution in [0.15, 0.2) is 47.5 Å². The van der Waals surface area contributed by atoms with Crippen molar-refractivity contribution in [2.24, 2.45) is 0 Å². The van der Waals surface area contributed by atoms with Crippen LogP contribution in [0.1, 0.15) is 19.0 Å². The molecule has 126 valence electrons. The molecule has 6 heteroatoms. The van der Waals surface area contributed by atoms with Crippen LogP contribution in [-0.4, -0.2) is 19.2 Å². The van der Waals surface area contributed by atoms with Gasteiger partial charge in [0.05, 0.1) is 16.6 Å². The molecule has 0 amide bonds. The summed E-state index contributed by atoms with van der Waals surface area (Å²) in [5.41, 5.74) is 3.79. The summed E-state index contributed by atoms with van der Waals surface area (Å²) in [5.74, 6) is -0.284. The number of fused-ring (bicyclic) bond motifs is 3. The number of hydrogen-bond acceptors (Lipinski definition) is 3. The van der Waals surface area contributed by atoms with E-state index < -0.39 is 0 Å². The fourth-order valence-electron chi connectivity index (χ4n) is 3.19. The Morgan fingerprint density at radius 3 is 2.64 bits per heavy atom. The van der Waals surface area contributed by atoms with Gasteiger partial charge in [0, 0.05) is 24.5 Å². The predicted molar refractivity (Wildman–Crippen MR) is 95.2 cm³/mol. The third-order valence-corrected chi connectivity index (χ3v) is 4.36. The summed E-state index contributed by atoms with van der Waals surface area (Å²) in [6.45, 7) is 4.59. The van der Waals surface area contributed by atoms with E-state index >= 15 is 0 Å². The minimum absolute atomic E-state index is 0.0646. The fraction of sp³-hybridized carbons (Fsp3) is 0.211. The quantitative estimate of drug-likeness (QED) is 0.575. The largest absolute Gasteiger partial charge is 0.315 e. The summed E-state index contributed by atoms with van der Waals surface area (Å²) in [6.07, 6.45) is 4.28. The van der Waals surface area contributed by atoms with Gasteiger partial charge in [-0.3, -0.25) is 4.79 Å². The van der Waals surface area contributed by atoms with Gasteiger partial charge in [0.15, 0.2) is 5.65 Å². The zero-order valence-electron chi connectivity index (χ0n) is 14.0.